The molecule has 18 heavy (non-hydrogen) atoms. The second kappa shape index (κ2) is 4.49. The number of piperidine rings is 3. The van der Waals surface area contributed by atoms with Gasteiger partial charge in [0.25, 0.3) is 0 Å². The topological polar surface area (TPSA) is 58.4 Å². The van der Waals surface area contributed by atoms with Gasteiger partial charge < -0.3 is 16.0 Å². The fourth-order valence-electron chi connectivity index (χ4n) is 3.94. The minimum absolute atomic E-state index is 0.0404. The number of carbonyl (C=O) groups is 1. The molecule has 4 aliphatic rings. The first kappa shape index (κ1) is 12.4. The van der Waals surface area contributed by atoms with E-state index < -0.39 is 0 Å². The van der Waals surface area contributed by atoms with Crippen LogP contribution in [0.3, 0.4) is 0 Å². The molecule has 3 aliphatic heterocycles. The van der Waals surface area contributed by atoms with Gasteiger partial charge in [0, 0.05) is 18.6 Å². The molecule has 1 amide bonds. The van der Waals surface area contributed by atoms with Crippen molar-refractivity contribution >= 4 is 5.91 Å². The third-order valence-corrected chi connectivity index (χ3v) is 5.52. The summed E-state index contributed by atoms with van der Waals surface area (Å²) in [5.41, 5.74) is 5.80. The van der Waals surface area contributed by atoms with E-state index in [0.717, 1.165) is 25.8 Å². The zero-order valence-electron chi connectivity index (χ0n) is 11.3. The number of fused-ring (bicyclic) bond motifs is 3. The van der Waals surface area contributed by atoms with E-state index in [-0.39, 0.29) is 17.4 Å². The van der Waals surface area contributed by atoms with Gasteiger partial charge in [0.15, 0.2) is 0 Å². The summed E-state index contributed by atoms with van der Waals surface area (Å²) in [5.74, 6) is 0.895. The summed E-state index contributed by atoms with van der Waals surface area (Å²) in [4.78, 5) is 15.0. The zero-order valence-corrected chi connectivity index (χ0v) is 11.3. The van der Waals surface area contributed by atoms with E-state index in [1.807, 2.05) is 6.92 Å². The lowest BCUT2D eigenvalue weighted by Gasteiger charge is -2.46. The minimum atomic E-state index is -0.327. The fourth-order valence-corrected chi connectivity index (χ4v) is 3.94. The maximum atomic E-state index is 12.5. The van der Waals surface area contributed by atoms with Gasteiger partial charge in [-0.3, -0.25) is 4.79 Å². The Balaban J connectivity index is 1.64. The van der Waals surface area contributed by atoms with Crippen molar-refractivity contribution in [2.24, 2.45) is 17.1 Å². The molecule has 4 rings (SSSR count). The highest BCUT2D eigenvalue weighted by atomic mass is 16.2. The van der Waals surface area contributed by atoms with Gasteiger partial charge in [-0.05, 0) is 51.6 Å². The highest BCUT2D eigenvalue weighted by Crippen LogP contribution is 2.37. The Morgan fingerprint density at radius 1 is 1.33 bits per heavy atom. The first-order chi connectivity index (χ1) is 8.59. The first-order valence-corrected chi connectivity index (χ1v) is 7.38. The van der Waals surface area contributed by atoms with Crippen LogP contribution in [0, 0.1) is 11.3 Å². The van der Waals surface area contributed by atoms with Crippen LogP contribution in [0.15, 0.2) is 0 Å². The number of hydrogen-bond acceptors (Lipinski definition) is 3. The van der Waals surface area contributed by atoms with E-state index in [1.54, 1.807) is 0 Å². The van der Waals surface area contributed by atoms with E-state index in [9.17, 15) is 4.79 Å². The van der Waals surface area contributed by atoms with E-state index in [4.69, 9.17) is 5.73 Å². The molecule has 102 valence electrons. The van der Waals surface area contributed by atoms with Crippen molar-refractivity contribution in [1.29, 1.82) is 0 Å². The average molecular weight is 251 g/mol. The molecule has 2 bridgehead atoms. The molecule has 0 spiro atoms. The molecule has 0 aromatic rings. The van der Waals surface area contributed by atoms with Crippen molar-refractivity contribution in [2.75, 3.05) is 19.6 Å². The molecule has 4 fully saturated rings. The third kappa shape index (κ3) is 1.95. The predicted molar refractivity (Wildman–Crippen MR) is 71.0 cm³/mol. The van der Waals surface area contributed by atoms with Crippen LogP contribution in [-0.4, -0.2) is 42.5 Å². The molecule has 0 radical (unpaired) electrons. The van der Waals surface area contributed by atoms with Gasteiger partial charge in [0.1, 0.15) is 0 Å². The fraction of sp³-hybridized carbons (Fsp3) is 0.929. The summed E-state index contributed by atoms with van der Waals surface area (Å²) in [6, 6.07) is 0.406. The summed E-state index contributed by atoms with van der Waals surface area (Å²) < 4.78 is 0. The second-order valence-corrected chi connectivity index (χ2v) is 6.63. The highest BCUT2D eigenvalue weighted by molar-refractivity contribution is 5.83. The van der Waals surface area contributed by atoms with Crippen molar-refractivity contribution < 1.29 is 4.79 Å². The molecule has 3 saturated heterocycles. The lowest BCUT2D eigenvalue weighted by molar-refractivity contribution is -0.132. The van der Waals surface area contributed by atoms with Gasteiger partial charge in [-0.1, -0.05) is 6.42 Å². The average Bonchev–Trinajstić information content (AvgIpc) is 2.72. The number of carbonyl (C=O) groups excluding carboxylic acids is 1. The Morgan fingerprint density at radius 3 is 2.56 bits per heavy atom. The maximum Gasteiger partial charge on any atom is 0.227 e. The summed E-state index contributed by atoms with van der Waals surface area (Å²) >= 11 is 0. The summed E-state index contributed by atoms with van der Waals surface area (Å²) in [6.07, 6.45) is 5.51. The van der Waals surface area contributed by atoms with Crippen molar-refractivity contribution in [1.82, 2.24) is 10.2 Å². The van der Waals surface area contributed by atoms with E-state index in [0.29, 0.717) is 12.0 Å². The molecule has 4 heteroatoms. The van der Waals surface area contributed by atoms with Crippen LogP contribution in [0.25, 0.3) is 0 Å². The number of nitrogens with one attached hydrogen (secondary N) is 1. The molecule has 1 saturated carbocycles. The Labute approximate surface area is 109 Å². The lowest BCUT2D eigenvalue weighted by atomic mass is 9.81. The smallest absolute Gasteiger partial charge is 0.227 e. The Kier molecular flexibility index (Phi) is 3.10. The van der Waals surface area contributed by atoms with Gasteiger partial charge in [-0.15, -0.1) is 0 Å². The van der Waals surface area contributed by atoms with Crippen molar-refractivity contribution in [3.05, 3.63) is 0 Å². The Bertz CT molecular complexity index is 338. The normalized spacial score (nSPS) is 47.2. The van der Waals surface area contributed by atoms with Crippen LogP contribution in [-0.2, 0) is 4.79 Å². The van der Waals surface area contributed by atoms with Crippen molar-refractivity contribution in [3.8, 4) is 0 Å². The second-order valence-electron chi connectivity index (χ2n) is 6.63. The SMILES string of the molecule is CC1(C(=O)NC2CN3CCC2CC3)CCCC1N. The van der Waals surface area contributed by atoms with Crippen LogP contribution >= 0.6 is 0 Å². The maximum absolute atomic E-state index is 12.5. The Hall–Kier alpha value is -0.610. The molecule has 0 aromatic carbocycles. The standard InChI is InChI=1S/C14H25N3O/c1-14(6-2-3-12(14)15)13(18)16-11-9-17-7-4-10(11)5-8-17/h10-12H,2-9,15H2,1H3,(H,16,18). The van der Waals surface area contributed by atoms with Gasteiger partial charge >= 0.3 is 0 Å². The number of hydrogen-bond donors (Lipinski definition) is 2. The summed E-state index contributed by atoms with van der Waals surface area (Å²) in [7, 11) is 0. The quantitative estimate of drug-likeness (QED) is 0.760. The summed E-state index contributed by atoms with van der Waals surface area (Å²) in [6.45, 7) is 5.52. The number of amides is 1. The van der Waals surface area contributed by atoms with Crippen LogP contribution < -0.4 is 11.1 Å². The van der Waals surface area contributed by atoms with Crippen molar-refractivity contribution in [3.63, 3.8) is 0 Å². The molecule has 3 unspecified atom stereocenters. The van der Waals surface area contributed by atoms with Gasteiger partial charge in [0.2, 0.25) is 5.91 Å². The van der Waals surface area contributed by atoms with E-state index in [2.05, 4.69) is 10.2 Å². The van der Waals surface area contributed by atoms with E-state index in [1.165, 1.54) is 25.9 Å². The molecule has 1 aliphatic carbocycles. The molecule has 3 heterocycles. The molecular formula is C14H25N3O. The first-order valence-electron chi connectivity index (χ1n) is 7.38. The summed E-state index contributed by atoms with van der Waals surface area (Å²) in [5, 5.41) is 3.30. The van der Waals surface area contributed by atoms with Crippen LogP contribution in [0.2, 0.25) is 0 Å². The molecule has 3 atom stereocenters. The minimum Gasteiger partial charge on any atom is -0.351 e. The van der Waals surface area contributed by atoms with Gasteiger partial charge in [-0.2, -0.15) is 0 Å². The van der Waals surface area contributed by atoms with Crippen LogP contribution in [0.5, 0.6) is 0 Å². The third-order valence-electron chi connectivity index (χ3n) is 5.52. The van der Waals surface area contributed by atoms with Crippen LogP contribution in [0.4, 0.5) is 0 Å². The molecule has 0 aromatic heterocycles. The molecule has 3 N–H and O–H groups in total. The molecular weight excluding hydrogens is 226 g/mol. The van der Waals surface area contributed by atoms with Crippen molar-refractivity contribution in [2.45, 2.75) is 51.1 Å². The predicted octanol–water partition coefficient (Wildman–Crippen LogP) is 0.714. The van der Waals surface area contributed by atoms with Gasteiger partial charge in [0.05, 0.1) is 5.41 Å². The van der Waals surface area contributed by atoms with Gasteiger partial charge in [-0.25, -0.2) is 0 Å². The number of rotatable bonds is 2. The molecule has 4 nitrogen and oxygen atoms in total. The lowest BCUT2D eigenvalue weighted by Crippen LogP contribution is -2.60. The zero-order chi connectivity index (χ0) is 12.8. The van der Waals surface area contributed by atoms with Crippen LogP contribution in [0.1, 0.15) is 39.0 Å². The largest absolute Gasteiger partial charge is 0.351 e. The Morgan fingerprint density at radius 2 is 2.06 bits per heavy atom. The highest BCUT2D eigenvalue weighted by Gasteiger charge is 2.45. The number of nitrogens with zero attached hydrogens (tertiary/aromatic N) is 1. The van der Waals surface area contributed by atoms with E-state index >= 15 is 0 Å². The monoisotopic (exact) mass is 251 g/mol. The number of nitrogens with two attached hydrogens (primary N) is 1.